The highest BCUT2D eigenvalue weighted by atomic mass is 31.3. The van der Waals surface area contributed by atoms with Crippen LogP contribution in [-0.4, -0.2) is 113 Å². The van der Waals surface area contributed by atoms with Gasteiger partial charge in [0, 0.05) is 42.0 Å². The highest BCUT2D eigenvalue weighted by Gasteiger charge is 2.39. The van der Waals surface area contributed by atoms with Gasteiger partial charge in [0.05, 0.1) is 32.5 Å². The normalized spacial score (nSPS) is 19.3. The van der Waals surface area contributed by atoms with Crippen LogP contribution in [0.15, 0.2) is 45.2 Å². The zero-order valence-electron chi connectivity index (χ0n) is 32.4. The topological polar surface area (TPSA) is 333 Å². The largest absolute Gasteiger partial charge is 0.491 e. The lowest BCUT2D eigenvalue weighted by Crippen LogP contribution is -2.40. The molecule has 2 aliphatic rings. The Balaban J connectivity index is 1.13. The van der Waals surface area contributed by atoms with Crippen molar-refractivity contribution in [3.8, 4) is 17.6 Å². The molecule has 2 heterocycles. The summed E-state index contributed by atoms with van der Waals surface area (Å²) < 4.78 is 60.5. The number of nitrogens with one attached hydrogen (secondary N) is 4. The molecule has 0 radical (unpaired) electrons. The first-order valence-electron chi connectivity index (χ1n) is 18.6. The Bertz CT molecular complexity index is 2090. The number of benzene rings is 1. The molecule has 60 heavy (non-hydrogen) atoms. The van der Waals surface area contributed by atoms with Gasteiger partial charge in [-0.2, -0.15) is 4.31 Å². The lowest BCUT2D eigenvalue weighted by atomic mass is 9.93. The van der Waals surface area contributed by atoms with Crippen molar-refractivity contribution in [1.29, 1.82) is 0 Å². The Morgan fingerprint density at radius 2 is 1.95 bits per heavy atom. The van der Waals surface area contributed by atoms with Crippen LogP contribution in [0.5, 0.6) is 5.75 Å². The van der Waals surface area contributed by atoms with E-state index in [2.05, 4.69) is 51.4 Å². The summed E-state index contributed by atoms with van der Waals surface area (Å²) in [6.07, 6.45) is 2.21. The zero-order valence-corrected chi connectivity index (χ0v) is 35.1. The van der Waals surface area contributed by atoms with E-state index in [-0.39, 0.29) is 63.4 Å². The number of azide groups is 1. The van der Waals surface area contributed by atoms with Crippen LogP contribution in [0.25, 0.3) is 10.4 Å². The van der Waals surface area contributed by atoms with Gasteiger partial charge in [0.15, 0.2) is 14.6 Å². The van der Waals surface area contributed by atoms with Gasteiger partial charge in [-0.15, -0.1) is 0 Å². The Morgan fingerprint density at radius 3 is 2.68 bits per heavy atom. The van der Waals surface area contributed by atoms with E-state index in [1.807, 2.05) is 0 Å². The number of phosphoric ester groups is 1. The minimum absolute atomic E-state index is 0.0392. The quantitative estimate of drug-likeness (QED) is 0.0187. The summed E-state index contributed by atoms with van der Waals surface area (Å²) in [4.78, 5) is 83.3. The van der Waals surface area contributed by atoms with Gasteiger partial charge in [-0.05, 0) is 49.4 Å². The first kappa shape index (κ1) is 48.7. The van der Waals surface area contributed by atoms with Crippen molar-refractivity contribution in [3.63, 3.8) is 0 Å². The van der Waals surface area contributed by atoms with Gasteiger partial charge in [0.1, 0.15) is 30.8 Å². The van der Waals surface area contributed by atoms with Crippen molar-refractivity contribution < 1.29 is 65.5 Å². The zero-order chi connectivity index (χ0) is 43.5. The van der Waals surface area contributed by atoms with Crippen molar-refractivity contribution in [2.24, 2.45) is 5.11 Å². The molecule has 24 nitrogen and oxygen atoms in total. The van der Waals surface area contributed by atoms with Crippen molar-refractivity contribution in [2.75, 3.05) is 58.8 Å². The molecule has 1 aromatic heterocycles. The van der Waals surface area contributed by atoms with Gasteiger partial charge in [-0.3, -0.25) is 28.5 Å². The van der Waals surface area contributed by atoms with Crippen LogP contribution in [0.2, 0.25) is 0 Å². The summed E-state index contributed by atoms with van der Waals surface area (Å²) in [5.74, 6) is 4.72. The van der Waals surface area contributed by atoms with Crippen LogP contribution in [-0.2, 0) is 41.3 Å². The molecule has 1 aromatic carbocycles. The molecular weight excluding hydrogens is 857 g/mol. The summed E-state index contributed by atoms with van der Waals surface area (Å²) in [5, 5.41) is 12.3. The Morgan fingerprint density at radius 1 is 1.15 bits per heavy atom. The molecule has 0 spiro atoms. The van der Waals surface area contributed by atoms with Crippen molar-refractivity contribution in [3.05, 3.63) is 72.9 Å². The maximum absolute atomic E-state index is 12.5. The van der Waals surface area contributed by atoms with Crippen LogP contribution < -0.4 is 31.9 Å². The predicted octanol–water partition coefficient (Wildman–Crippen LogP) is 1.88. The highest BCUT2D eigenvalue weighted by Crippen LogP contribution is 2.65. The molecular formula is C33H47N8O16P3. The maximum Gasteiger partial charge on any atom is 0.486 e. The van der Waals surface area contributed by atoms with Crippen molar-refractivity contribution in [2.45, 2.75) is 63.6 Å². The van der Waals surface area contributed by atoms with E-state index in [9.17, 15) is 43.0 Å². The van der Waals surface area contributed by atoms with Crippen LogP contribution in [0.3, 0.4) is 0 Å². The molecule has 4 rings (SSSR count). The fraction of sp³-hybridized carbons (Fsp3) is 0.576. The van der Waals surface area contributed by atoms with E-state index >= 15 is 0 Å². The minimum Gasteiger partial charge on any atom is -0.491 e. The SMILES string of the molecule is CCP(O)OP(=O)(O)OP(=O)(O)OC[C@@H]1CC[C@H](n2cc(C#CCNC(=O)COCCOC(COc3cccc(C(=O)NCCNC4CCC4)c3)N=[N+]=[N-])c(=O)[nH]c2=O)O1. The second kappa shape index (κ2) is 24.4. The van der Waals surface area contributed by atoms with E-state index in [1.54, 1.807) is 24.3 Å². The van der Waals surface area contributed by atoms with Gasteiger partial charge >= 0.3 is 21.3 Å². The Labute approximate surface area is 344 Å². The summed E-state index contributed by atoms with van der Waals surface area (Å²) in [6.45, 7) is 1.20. The van der Waals surface area contributed by atoms with E-state index in [0.717, 1.165) is 23.6 Å². The second-order valence-corrected chi connectivity index (χ2v) is 17.7. The number of aromatic nitrogens is 2. The van der Waals surface area contributed by atoms with Crippen LogP contribution in [0.1, 0.15) is 61.2 Å². The highest BCUT2D eigenvalue weighted by molar-refractivity contribution is 7.66. The van der Waals surface area contributed by atoms with Crippen molar-refractivity contribution in [1.82, 2.24) is 25.5 Å². The number of amides is 2. The first-order chi connectivity index (χ1) is 28.7. The summed E-state index contributed by atoms with van der Waals surface area (Å²) in [7, 11) is -12.6. The number of H-pyrrole nitrogens is 1. The van der Waals surface area contributed by atoms with Crippen LogP contribution in [0.4, 0.5) is 0 Å². The molecule has 0 bridgehead atoms. The average molecular weight is 905 g/mol. The van der Waals surface area contributed by atoms with Gasteiger partial charge < -0.3 is 49.6 Å². The van der Waals surface area contributed by atoms with E-state index in [0.29, 0.717) is 30.4 Å². The molecule has 1 saturated heterocycles. The number of hydrogen-bond acceptors (Lipinski definition) is 16. The Kier molecular flexibility index (Phi) is 19.8. The molecule has 1 aliphatic carbocycles. The Hall–Kier alpha value is -4.00. The molecule has 1 saturated carbocycles. The molecule has 6 atom stereocenters. The minimum atomic E-state index is -5.13. The molecule has 1 aliphatic heterocycles. The molecule has 330 valence electrons. The molecule has 2 fully saturated rings. The summed E-state index contributed by atoms with van der Waals surface area (Å²) in [6, 6.07) is 7.05. The third-order valence-electron chi connectivity index (χ3n) is 8.45. The van der Waals surface area contributed by atoms with Gasteiger partial charge in [0.25, 0.3) is 11.5 Å². The van der Waals surface area contributed by atoms with Crippen molar-refractivity contribution >= 4 is 35.8 Å². The number of nitrogens with zero attached hydrogens (tertiary/aromatic N) is 4. The third-order valence-corrected chi connectivity index (χ3v) is 12.7. The first-order valence-corrected chi connectivity index (χ1v) is 23.0. The number of carbonyl (C=O) groups is 2. The molecule has 2 amide bonds. The van der Waals surface area contributed by atoms with E-state index in [1.165, 1.54) is 13.3 Å². The summed E-state index contributed by atoms with van der Waals surface area (Å²) >= 11 is 0. The second-order valence-electron chi connectivity index (χ2n) is 12.9. The maximum atomic E-state index is 12.5. The van der Waals surface area contributed by atoms with Crippen LogP contribution in [0, 0.1) is 11.8 Å². The lowest BCUT2D eigenvalue weighted by Gasteiger charge is -2.26. The number of aromatic amines is 1. The van der Waals surface area contributed by atoms with Gasteiger partial charge in [-0.25, -0.2) is 18.2 Å². The van der Waals surface area contributed by atoms with E-state index < -0.39 is 66.3 Å². The number of hydrogen-bond donors (Lipinski definition) is 7. The fourth-order valence-corrected chi connectivity index (χ4v) is 8.69. The molecule has 4 unspecified atom stereocenters. The monoisotopic (exact) mass is 904 g/mol. The van der Waals surface area contributed by atoms with Crippen LogP contribution >= 0.6 is 24.0 Å². The molecule has 2 aromatic rings. The summed E-state index contributed by atoms with van der Waals surface area (Å²) in [5.41, 5.74) is 7.57. The number of phosphoric acid groups is 2. The third kappa shape index (κ3) is 17.2. The number of carbonyl (C=O) groups excluding carboxylic acids is 2. The average Bonchev–Trinajstić information content (AvgIpc) is 3.66. The fourth-order valence-electron chi connectivity index (χ4n) is 5.30. The predicted molar refractivity (Wildman–Crippen MR) is 211 cm³/mol. The standard InChI is InChI=1S/C33H47N8O16P3/c1-2-58(46)56-60(49,50)57-59(47,48)54-20-27-11-12-30(55-27)41-19-24(32(44)38-33(41)45)7-5-13-36-28(42)21-51-16-17-52-29(39-40-34)22-53-26-10-3-6-23(18-26)31(43)37-15-14-35-25-8-4-9-25/h3,6,10,18-19,25,27,29-30,35,46H,2,4,8-9,11-17,20-22H2,1H3,(H,36,42)(H,37,43)(H,47,48)(H,49,50)(H,38,44,45)/t27-,29?,30+,58?/m0/s1. The smallest absolute Gasteiger partial charge is 0.486 e. The van der Waals surface area contributed by atoms with Gasteiger partial charge in [-0.1, -0.05) is 36.4 Å². The van der Waals surface area contributed by atoms with E-state index in [4.69, 9.17) is 29.0 Å². The number of ether oxygens (including phenoxy) is 4. The lowest BCUT2D eigenvalue weighted by molar-refractivity contribution is -0.126. The molecule has 7 N–H and O–H groups in total. The number of rotatable bonds is 25. The van der Waals surface area contributed by atoms with Gasteiger partial charge in [0.2, 0.25) is 5.91 Å². The molecule has 27 heteroatoms.